The van der Waals surface area contributed by atoms with E-state index >= 15 is 0 Å². The Balaban J connectivity index is 1.91. The molecule has 3 heteroatoms. The van der Waals surface area contributed by atoms with E-state index in [0.29, 0.717) is 17.9 Å². The van der Waals surface area contributed by atoms with Gasteiger partial charge < -0.3 is 10.1 Å². The third-order valence-corrected chi connectivity index (χ3v) is 5.01. The topological polar surface area (TPSA) is 38.3 Å². The molecule has 3 nitrogen and oxygen atoms in total. The van der Waals surface area contributed by atoms with Gasteiger partial charge in [0.1, 0.15) is 5.75 Å². The van der Waals surface area contributed by atoms with Crippen LogP contribution in [0.1, 0.15) is 49.8 Å². The number of benzene rings is 1. The van der Waals surface area contributed by atoms with Gasteiger partial charge in [-0.15, -0.1) is 0 Å². The van der Waals surface area contributed by atoms with Crippen LogP contribution >= 0.6 is 0 Å². The zero-order chi connectivity index (χ0) is 16.3. The Bertz CT molecular complexity index is 515. The van der Waals surface area contributed by atoms with Gasteiger partial charge in [0.05, 0.1) is 0 Å². The molecule has 1 aromatic rings. The molecule has 1 N–H and O–H groups in total. The maximum absolute atomic E-state index is 12.2. The van der Waals surface area contributed by atoms with E-state index in [1.807, 2.05) is 13.8 Å². The maximum atomic E-state index is 12.2. The minimum absolute atomic E-state index is 0.00896. The molecule has 0 spiro atoms. The van der Waals surface area contributed by atoms with Crippen molar-refractivity contribution in [2.24, 2.45) is 11.8 Å². The van der Waals surface area contributed by atoms with Gasteiger partial charge in [-0.1, -0.05) is 44.4 Å². The minimum atomic E-state index is -0.00896. The molecule has 3 atom stereocenters. The number of hydrogen-bond donors (Lipinski definition) is 1. The highest BCUT2D eigenvalue weighted by molar-refractivity contribution is 5.78. The second-order valence-electron chi connectivity index (χ2n) is 6.96. The number of nitrogens with one attached hydrogen (secondary N) is 1. The predicted molar refractivity (Wildman–Crippen MR) is 90.3 cm³/mol. The van der Waals surface area contributed by atoms with E-state index in [-0.39, 0.29) is 12.5 Å². The van der Waals surface area contributed by atoms with Gasteiger partial charge >= 0.3 is 0 Å². The number of rotatable bonds is 4. The second kappa shape index (κ2) is 7.17. The van der Waals surface area contributed by atoms with Gasteiger partial charge in [0.25, 0.3) is 5.91 Å². The third-order valence-electron chi connectivity index (χ3n) is 5.01. The van der Waals surface area contributed by atoms with Gasteiger partial charge in [0, 0.05) is 6.04 Å². The number of hydrogen-bond acceptors (Lipinski definition) is 2. The normalized spacial score (nSPS) is 24.9. The first-order valence-electron chi connectivity index (χ1n) is 8.38. The molecule has 122 valence electrons. The van der Waals surface area contributed by atoms with Crippen molar-refractivity contribution >= 4 is 5.91 Å². The van der Waals surface area contributed by atoms with Crippen molar-refractivity contribution in [3.05, 3.63) is 28.8 Å². The Morgan fingerprint density at radius 1 is 1.18 bits per heavy atom. The number of carbonyl (C=O) groups is 1. The molecule has 0 bridgehead atoms. The quantitative estimate of drug-likeness (QED) is 0.915. The standard InChI is InChI=1S/C19H29NO2/c1-12-9-14(3)19(15(4)10-12)22-11-18(21)20-17-8-6-7-13(2)16(17)5/h9-10,13,16-17H,6-8,11H2,1-5H3,(H,20,21)/t13-,16-,17+/m0/s1. The zero-order valence-electron chi connectivity index (χ0n) is 14.5. The Kier molecular flexibility index (Phi) is 5.49. The molecular weight excluding hydrogens is 274 g/mol. The molecule has 1 aliphatic carbocycles. The lowest BCUT2D eigenvalue weighted by molar-refractivity contribution is -0.124. The fraction of sp³-hybridized carbons (Fsp3) is 0.632. The zero-order valence-corrected chi connectivity index (χ0v) is 14.5. The van der Waals surface area contributed by atoms with E-state index in [0.717, 1.165) is 23.3 Å². The van der Waals surface area contributed by atoms with Gasteiger partial charge in [-0.3, -0.25) is 4.79 Å². The molecule has 1 aromatic carbocycles. The lowest BCUT2D eigenvalue weighted by Crippen LogP contribution is -2.45. The molecule has 1 amide bonds. The second-order valence-corrected chi connectivity index (χ2v) is 6.96. The highest BCUT2D eigenvalue weighted by Gasteiger charge is 2.28. The summed E-state index contributed by atoms with van der Waals surface area (Å²) in [6.07, 6.45) is 3.55. The molecule has 0 saturated heterocycles. The number of aryl methyl sites for hydroxylation is 3. The third kappa shape index (κ3) is 4.02. The summed E-state index contributed by atoms with van der Waals surface area (Å²) in [5.74, 6) is 2.05. The molecule has 0 heterocycles. The van der Waals surface area contributed by atoms with E-state index in [9.17, 15) is 4.79 Å². The SMILES string of the molecule is Cc1cc(C)c(OCC(=O)N[C@@H]2CCC[C@H](C)[C@@H]2C)c(C)c1. The number of carbonyl (C=O) groups excluding carboxylic acids is 1. The van der Waals surface area contributed by atoms with Crippen molar-refractivity contribution in [2.75, 3.05) is 6.61 Å². The molecule has 0 aliphatic heterocycles. The first-order chi connectivity index (χ1) is 10.4. The van der Waals surface area contributed by atoms with E-state index in [4.69, 9.17) is 4.74 Å². The summed E-state index contributed by atoms with van der Waals surface area (Å²) in [6.45, 7) is 10.7. The summed E-state index contributed by atoms with van der Waals surface area (Å²) in [5, 5.41) is 3.16. The molecule has 1 saturated carbocycles. The van der Waals surface area contributed by atoms with Crippen LogP contribution in [0, 0.1) is 32.6 Å². The first-order valence-corrected chi connectivity index (χ1v) is 8.38. The smallest absolute Gasteiger partial charge is 0.258 e. The van der Waals surface area contributed by atoms with Crippen LogP contribution in [0.4, 0.5) is 0 Å². The van der Waals surface area contributed by atoms with Crippen LogP contribution in [-0.2, 0) is 4.79 Å². The van der Waals surface area contributed by atoms with Crippen LogP contribution in [-0.4, -0.2) is 18.6 Å². The van der Waals surface area contributed by atoms with Crippen LogP contribution < -0.4 is 10.1 Å². The molecule has 2 rings (SSSR count). The van der Waals surface area contributed by atoms with Crippen LogP contribution in [0.2, 0.25) is 0 Å². The van der Waals surface area contributed by atoms with Gasteiger partial charge in [-0.05, 0) is 50.2 Å². The molecule has 22 heavy (non-hydrogen) atoms. The number of amides is 1. The van der Waals surface area contributed by atoms with Crippen molar-refractivity contribution < 1.29 is 9.53 Å². The summed E-state index contributed by atoms with van der Waals surface area (Å²) in [7, 11) is 0. The number of ether oxygens (including phenoxy) is 1. The Morgan fingerprint density at radius 2 is 1.82 bits per heavy atom. The average molecular weight is 303 g/mol. The fourth-order valence-electron chi connectivity index (χ4n) is 3.57. The van der Waals surface area contributed by atoms with Gasteiger partial charge in [-0.25, -0.2) is 0 Å². The highest BCUT2D eigenvalue weighted by atomic mass is 16.5. The van der Waals surface area contributed by atoms with Crippen LogP contribution in [0.5, 0.6) is 5.75 Å². The summed E-state index contributed by atoms with van der Waals surface area (Å²) in [5.41, 5.74) is 3.40. The summed E-state index contributed by atoms with van der Waals surface area (Å²) >= 11 is 0. The summed E-state index contributed by atoms with van der Waals surface area (Å²) < 4.78 is 5.78. The van der Waals surface area contributed by atoms with Gasteiger partial charge in [0.2, 0.25) is 0 Å². The van der Waals surface area contributed by atoms with Crippen LogP contribution in [0.25, 0.3) is 0 Å². The summed E-state index contributed by atoms with van der Waals surface area (Å²) in [4.78, 5) is 12.2. The highest BCUT2D eigenvalue weighted by Crippen LogP contribution is 2.29. The van der Waals surface area contributed by atoms with Crippen molar-refractivity contribution in [3.63, 3.8) is 0 Å². The lowest BCUT2D eigenvalue weighted by atomic mass is 9.78. The molecule has 0 radical (unpaired) electrons. The largest absolute Gasteiger partial charge is 0.483 e. The van der Waals surface area contributed by atoms with E-state index in [2.05, 4.69) is 38.2 Å². The van der Waals surface area contributed by atoms with Crippen LogP contribution in [0.3, 0.4) is 0 Å². The lowest BCUT2D eigenvalue weighted by Gasteiger charge is -2.34. The van der Waals surface area contributed by atoms with Gasteiger partial charge in [0.15, 0.2) is 6.61 Å². The minimum Gasteiger partial charge on any atom is -0.483 e. The van der Waals surface area contributed by atoms with E-state index < -0.39 is 0 Å². The van der Waals surface area contributed by atoms with Crippen LogP contribution in [0.15, 0.2) is 12.1 Å². The molecule has 0 aromatic heterocycles. The van der Waals surface area contributed by atoms with Gasteiger partial charge in [-0.2, -0.15) is 0 Å². The Hall–Kier alpha value is -1.51. The van der Waals surface area contributed by atoms with E-state index in [1.165, 1.54) is 18.4 Å². The molecular formula is C19H29NO2. The predicted octanol–water partition coefficient (Wildman–Crippen LogP) is 3.93. The van der Waals surface area contributed by atoms with Crippen molar-refractivity contribution in [2.45, 2.75) is 59.9 Å². The molecule has 0 unspecified atom stereocenters. The summed E-state index contributed by atoms with van der Waals surface area (Å²) in [6, 6.07) is 4.47. The Labute approximate surface area is 134 Å². The molecule has 1 fully saturated rings. The fourth-order valence-corrected chi connectivity index (χ4v) is 3.57. The molecule has 1 aliphatic rings. The van der Waals surface area contributed by atoms with Crippen molar-refractivity contribution in [3.8, 4) is 5.75 Å². The first kappa shape index (κ1) is 16.9. The maximum Gasteiger partial charge on any atom is 0.258 e. The van der Waals surface area contributed by atoms with Crippen molar-refractivity contribution in [1.29, 1.82) is 0 Å². The Morgan fingerprint density at radius 3 is 2.45 bits per heavy atom. The van der Waals surface area contributed by atoms with E-state index in [1.54, 1.807) is 0 Å². The monoisotopic (exact) mass is 303 g/mol. The average Bonchev–Trinajstić information content (AvgIpc) is 2.42. The van der Waals surface area contributed by atoms with Crippen molar-refractivity contribution in [1.82, 2.24) is 5.32 Å².